The van der Waals surface area contributed by atoms with Gasteiger partial charge in [-0.2, -0.15) is 0 Å². The van der Waals surface area contributed by atoms with Gasteiger partial charge in [0.25, 0.3) is 0 Å². The fourth-order valence-electron chi connectivity index (χ4n) is 3.93. The number of rotatable bonds is 2. The van der Waals surface area contributed by atoms with Gasteiger partial charge in [-0.15, -0.1) is 0 Å². The number of nitrogens with zero attached hydrogens (tertiary/aromatic N) is 2. The predicted molar refractivity (Wildman–Crippen MR) is 77.8 cm³/mol. The van der Waals surface area contributed by atoms with Crippen LogP contribution < -0.4 is 16.6 Å². The number of hydrazine groups is 1. The standard InChI is InChI=1S/C14H27N5/c15-18-14(16-11-5-2-1-3-6-11)17-12-8-10-19-9-4-7-13(12)19/h11-13H,1-10,15H2,(H2,16,17,18). The van der Waals surface area contributed by atoms with E-state index in [1.807, 2.05) is 0 Å². The molecule has 2 unspecified atom stereocenters. The van der Waals surface area contributed by atoms with Crippen LogP contribution in [0.3, 0.4) is 0 Å². The SMILES string of the molecule is NNC(=NC1CCN2CCCC12)NC1CCCCC1. The number of nitrogens with two attached hydrogens (primary N) is 1. The minimum Gasteiger partial charge on any atom is -0.353 e. The van der Waals surface area contributed by atoms with E-state index in [1.165, 1.54) is 64.5 Å². The third kappa shape index (κ3) is 3.03. The summed E-state index contributed by atoms with van der Waals surface area (Å²) in [7, 11) is 0. The molecule has 0 aromatic carbocycles. The minimum atomic E-state index is 0.435. The number of nitrogens with one attached hydrogen (secondary N) is 2. The van der Waals surface area contributed by atoms with E-state index in [4.69, 9.17) is 10.8 Å². The second kappa shape index (κ2) is 6.09. The van der Waals surface area contributed by atoms with Gasteiger partial charge in [0, 0.05) is 18.6 Å². The minimum absolute atomic E-state index is 0.435. The van der Waals surface area contributed by atoms with Crippen LogP contribution in [0.15, 0.2) is 4.99 Å². The molecule has 3 aliphatic rings. The fraction of sp³-hybridized carbons (Fsp3) is 0.929. The molecular formula is C14H27N5. The van der Waals surface area contributed by atoms with Gasteiger partial charge in [0.05, 0.1) is 6.04 Å². The molecule has 2 saturated heterocycles. The Bertz CT molecular complexity index is 324. The molecule has 0 bridgehead atoms. The third-order valence-corrected chi connectivity index (χ3v) is 4.95. The maximum absolute atomic E-state index is 5.65. The Morgan fingerprint density at radius 2 is 1.84 bits per heavy atom. The highest BCUT2D eigenvalue weighted by molar-refractivity contribution is 5.79. The van der Waals surface area contributed by atoms with E-state index in [0.29, 0.717) is 18.1 Å². The quantitative estimate of drug-likeness (QED) is 0.301. The molecule has 108 valence electrons. The first-order valence-electron chi connectivity index (χ1n) is 7.92. The molecule has 0 aromatic rings. The Hall–Kier alpha value is -0.810. The van der Waals surface area contributed by atoms with Crippen molar-refractivity contribution in [3.63, 3.8) is 0 Å². The molecule has 2 aliphatic heterocycles. The molecule has 5 heteroatoms. The number of aliphatic imine (C=N–C) groups is 1. The van der Waals surface area contributed by atoms with Crippen molar-refractivity contribution in [3.05, 3.63) is 0 Å². The van der Waals surface area contributed by atoms with Gasteiger partial charge in [-0.05, 0) is 38.6 Å². The first kappa shape index (κ1) is 13.2. The second-order valence-electron chi connectivity index (χ2n) is 6.20. The zero-order valence-electron chi connectivity index (χ0n) is 11.8. The van der Waals surface area contributed by atoms with Crippen molar-refractivity contribution < 1.29 is 0 Å². The van der Waals surface area contributed by atoms with Gasteiger partial charge in [-0.1, -0.05) is 19.3 Å². The molecule has 0 spiro atoms. The molecule has 19 heavy (non-hydrogen) atoms. The molecule has 0 radical (unpaired) electrons. The average molecular weight is 265 g/mol. The van der Waals surface area contributed by atoms with Crippen LogP contribution in [0, 0.1) is 0 Å². The van der Waals surface area contributed by atoms with Crippen molar-refractivity contribution in [1.29, 1.82) is 0 Å². The Balaban J connectivity index is 1.59. The summed E-state index contributed by atoms with van der Waals surface area (Å²) in [6.45, 7) is 2.47. The van der Waals surface area contributed by atoms with Gasteiger partial charge in [0.15, 0.2) is 0 Å². The number of hydrogen-bond acceptors (Lipinski definition) is 3. The lowest BCUT2D eigenvalue weighted by Crippen LogP contribution is -2.48. The highest BCUT2D eigenvalue weighted by Crippen LogP contribution is 2.29. The highest BCUT2D eigenvalue weighted by atomic mass is 15.3. The van der Waals surface area contributed by atoms with Crippen LogP contribution in [0.5, 0.6) is 0 Å². The number of guanidine groups is 1. The zero-order valence-corrected chi connectivity index (χ0v) is 11.8. The summed E-state index contributed by atoms with van der Waals surface area (Å²) >= 11 is 0. The molecule has 5 nitrogen and oxygen atoms in total. The fourth-order valence-corrected chi connectivity index (χ4v) is 3.93. The Morgan fingerprint density at radius 1 is 1.00 bits per heavy atom. The van der Waals surface area contributed by atoms with Gasteiger partial charge >= 0.3 is 0 Å². The summed E-state index contributed by atoms with van der Waals surface area (Å²) in [5.41, 5.74) is 2.78. The summed E-state index contributed by atoms with van der Waals surface area (Å²) in [6, 6.07) is 1.66. The normalized spacial score (nSPS) is 33.4. The second-order valence-corrected chi connectivity index (χ2v) is 6.20. The maximum atomic E-state index is 5.65. The average Bonchev–Trinajstić information content (AvgIpc) is 3.04. The van der Waals surface area contributed by atoms with Crippen molar-refractivity contribution in [2.24, 2.45) is 10.8 Å². The summed E-state index contributed by atoms with van der Waals surface area (Å²) in [6.07, 6.45) is 10.3. The van der Waals surface area contributed by atoms with Gasteiger partial charge < -0.3 is 5.32 Å². The Morgan fingerprint density at radius 3 is 2.63 bits per heavy atom. The largest absolute Gasteiger partial charge is 0.353 e. The monoisotopic (exact) mass is 265 g/mol. The van der Waals surface area contributed by atoms with E-state index in [-0.39, 0.29) is 0 Å². The van der Waals surface area contributed by atoms with Crippen LogP contribution in [0.25, 0.3) is 0 Å². The molecule has 2 heterocycles. The van der Waals surface area contributed by atoms with Crippen LogP contribution in [0.4, 0.5) is 0 Å². The van der Waals surface area contributed by atoms with Gasteiger partial charge in [0.1, 0.15) is 0 Å². The molecule has 3 rings (SSSR count). The molecule has 1 aliphatic carbocycles. The van der Waals surface area contributed by atoms with E-state index >= 15 is 0 Å². The van der Waals surface area contributed by atoms with E-state index in [2.05, 4.69) is 15.6 Å². The lowest BCUT2D eigenvalue weighted by atomic mass is 9.96. The van der Waals surface area contributed by atoms with Crippen molar-refractivity contribution in [2.45, 2.75) is 69.5 Å². The maximum Gasteiger partial charge on any atom is 0.206 e. The molecule has 2 atom stereocenters. The molecular weight excluding hydrogens is 238 g/mol. The van der Waals surface area contributed by atoms with Crippen LogP contribution in [0.1, 0.15) is 51.4 Å². The molecule has 0 amide bonds. The zero-order chi connectivity index (χ0) is 13.1. The number of fused-ring (bicyclic) bond motifs is 1. The number of hydrogen-bond donors (Lipinski definition) is 3. The van der Waals surface area contributed by atoms with Gasteiger partial charge in [-0.25, -0.2) is 10.8 Å². The van der Waals surface area contributed by atoms with Gasteiger partial charge in [-0.3, -0.25) is 10.3 Å². The summed E-state index contributed by atoms with van der Waals surface area (Å²) in [4.78, 5) is 7.44. The van der Waals surface area contributed by atoms with Crippen LogP contribution in [-0.2, 0) is 0 Å². The van der Waals surface area contributed by atoms with Crippen LogP contribution in [-0.4, -0.2) is 42.1 Å². The van der Waals surface area contributed by atoms with Crippen LogP contribution >= 0.6 is 0 Å². The molecule has 4 N–H and O–H groups in total. The van der Waals surface area contributed by atoms with Crippen molar-refractivity contribution in [3.8, 4) is 0 Å². The Kier molecular flexibility index (Phi) is 4.23. The molecule has 1 saturated carbocycles. The molecule has 0 aromatic heterocycles. The first-order valence-corrected chi connectivity index (χ1v) is 7.92. The summed E-state index contributed by atoms with van der Waals surface area (Å²) in [5.74, 6) is 6.46. The Labute approximate surface area is 116 Å². The van der Waals surface area contributed by atoms with E-state index in [9.17, 15) is 0 Å². The lowest BCUT2D eigenvalue weighted by molar-refractivity contribution is 0.314. The summed E-state index contributed by atoms with van der Waals surface area (Å²) < 4.78 is 0. The first-order chi connectivity index (χ1) is 9.36. The topological polar surface area (TPSA) is 65.7 Å². The van der Waals surface area contributed by atoms with Crippen LogP contribution in [0.2, 0.25) is 0 Å². The van der Waals surface area contributed by atoms with E-state index < -0.39 is 0 Å². The van der Waals surface area contributed by atoms with Crippen molar-refractivity contribution in [1.82, 2.24) is 15.6 Å². The molecule has 3 fully saturated rings. The van der Waals surface area contributed by atoms with E-state index in [1.54, 1.807) is 0 Å². The lowest BCUT2D eigenvalue weighted by Gasteiger charge is -2.25. The van der Waals surface area contributed by atoms with Crippen molar-refractivity contribution >= 4 is 5.96 Å². The smallest absolute Gasteiger partial charge is 0.206 e. The van der Waals surface area contributed by atoms with Gasteiger partial charge in [0.2, 0.25) is 5.96 Å². The predicted octanol–water partition coefficient (Wildman–Crippen LogP) is 0.965. The summed E-state index contributed by atoms with van der Waals surface area (Å²) in [5, 5.41) is 3.51. The van der Waals surface area contributed by atoms with Crippen molar-refractivity contribution in [2.75, 3.05) is 13.1 Å². The highest BCUT2D eigenvalue weighted by Gasteiger charge is 2.37. The third-order valence-electron chi connectivity index (χ3n) is 4.95. The van der Waals surface area contributed by atoms with E-state index in [0.717, 1.165) is 5.96 Å².